The zero-order valence-electron chi connectivity index (χ0n) is 12.3. The number of hydrogen-bond donors (Lipinski definition) is 1. The summed E-state index contributed by atoms with van der Waals surface area (Å²) in [6.07, 6.45) is 4.06. The number of aromatic nitrogens is 2. The highest BCUT2D eigenvalue weighted by Crippen LogP contribution is 2.28. The van der Waals surface area contributed by atoms with Crippen molar-refractivity contribution in [3.63, 3.8) is 0 Å². The van der Waals surface area contributed by atoms with E-state index in [2.05, 4.69) is 10.4 Å². The summed E-state index contributed by atoms with van der Waals surface area (Å²) in [5.74, 6) is 0.809. The lowest BCUT2D eigenvalue weighted by Gasteiger charge is -2.08. The van der Waals surface area contributed by atoms with E-state index in [1.807, 2.05) is 13.1 Å². The number of halogens is 2. The predicted molar refractivity (Wildman–Crippen MR) is 88.6 cm³/mol. The molecule has 1 heterocycles. The Labute approximate surface area is 139 Å². The van der Waals surface area contributed by atoms with Crippen LogP contribution in [0.25, 0.3) is 0 Å². The molecule has 22 heavy (non-hydrogen) atoms. The van der Waals surface area contributed by atoms with Crippen molar-refractivity contribution in [1.82, 2.24) is 9.78 Å². The Morgan fingerprint density at radius 1 is 1.36 bits per heavy atom. The SMILES string of the molecule is Cn1nc2c(c1NC(=O)CCc1ccc(Cl)cc1Cl)CCC2. The number of carbonyl (C=O) groups is 1. The van der Waals surface area contributed by atoms with Crippen molar-refractivity contribution in [3.05, 3.63) is 45.1 Å². The first-order chi connectivity index (χ1) is 10.5. The fraction of sp³-hybridized carbons (Fsp3) is 0.375. The van der Waals surface area contributed by atoms with Crippen molar-refractivity contribution in [2.24, 2.45) is 7.05 Å². The van der Waals surface area contributed by atoms with E-state index in [9.17, 15) is 4.79 Å². The molecular weight excluding hydrogens is 321 g/mol. The van der Waals surface area contributed by atoms with Crippen LogP contribution in [0.5, 0.6) is 0 Å². The molecular formula is C16H17Cl2N3O. The highest BCUT2D eigenvalue weighted by molar-refractivity contribution is 6.35. The molecule has 1 aromatic heterocycles. The molecule has 6 heteroatoms. The quantitative estimate of drug-likeness (QED) is 0.922. The lowest BCUT2D eigenvalue weighted by atomic mass is 10.1. The molecule has 3 rings (SSSR count). The Morgan fingerprint density at radius 2 is 2.18 bits per heavy atom. The lowest BCUT2D eigenvalue weighted by molar-refractivity contribution is -0.116. The molecule has 0 aliphatic heterocycles. The first-order valence-electron chi connectivity index (χ1n) is 7.33. The first kappa shape index (κ1) is 15.4. The van der Waals surface area contributed by atoms with Crippen LogP contribution in [0.3, 0.4) is 0 Å². The van der Waals surface area contributed by atoms with Crippen LogP contribution in [0.2, 0.25) is 10.0 Å². The fourth-order valence-corrected chi connectivity index (χ4v) is 3.35. The summed E-state index contributed by atoms with van der Waals surface area (Å²) in [6, 6.07) is 5.35. The summed E-state index contributed by atoms with van der Waals surface area (Å²) in [6.45, 7) is 0. The van der Waals surface area contributed by atoms with Crippen LogP contribution in [0, 0.1) is 0 Å². The molecule has 0 saturated carbocycles. The van der Waals surface area contributed by atoms with Crippen LogP contribution in [-0.2, 0) is 31.1 Å². The Kier molecular flexibility index (Phi) is 4.41. The number of carbonyl (C=O) groups excluding carboxylic acids is 1. The van der Waals surface area contributed by atoms with Gasteiger partial charge >= 0.3 is 0 Å². The standard InChI is InChI=1S/C16H17Cl2N3O/c1-21-16(12-3-2-4-14(12)20-21)19-15(22)8-6-10-5-7-11(17)9-13(10)18/h5,7,9H,2-4,6,8H2,1H3,(H,19,22). The molecule has 1 aliphatic carbocycles. The van der Waals surface area contributed by atoms with E-state index < -0.39 is 0 Å². The fourth-order valence-electron chi connectivity index (χ4n) is 2.84. The van der Waals surface area contributed by atoms with Gasteiger partial charge in [-0.3, -0.25) is 9.48 Å². The minimum absolute atomic E-state index is 0.0243. The zero-order chi connectivity index (χ0) is 15.7. The number of aryl methyl sites for hydroxylation is 3. The van der Waals surface area contributed by atoms with Crippen LogP contribution in [0.15, 0.2) is 18.2 Å². The second-order valence-corrected chi connectivity index (χ2v) is 6.38. The number of nitrogens with zero attached hydrogens (tertiary/aromatic N) is 2. The van der Waals surface area contributed by atoms with Crippen molar-refractivity contribution < 1.29 is 4.79 Å². The summed E-state index contributed by atoms with van der Waals surface area (Å²) >= 11 is 12.0. The van der Waals surface area contributed by atoms with E-state index in [0.717, 1.165) is 36.3 Å². The summed E-state index contributed by atoms with van der Waals surface area (Å²) in [4.78, 5) is 12.2. The Hall–Kier alpha value is -1.52. The molecule has 1 N–H and O–H groups in total. The van der Waals surface area contributed by atoms with Crippen molar-refractivity contribution >= 4 is 34.9 Å². The topological polar surface area (TPSA) is 46.9 Å². The molecule has 116 valence electrons. The van der Waals surface area contributed by atoms with Crippen LogP contribution < -0.4 is 5.32 Å². The Bertz CT molecular complexity index is 724. The van der Waals surface area contributed by atoms with E-state index in [1.54, 1.807) is 16.8 Å². The molecule has 1 aliphatic rings. The average molecular weight is 338 g/mol. The number of fused-ring (bicyclic) bond motifs is 1. The number of benzene rings is 1. The van der Waals surface area contributed by atoms with Gasteiger partial charge in [0.2, 0.25) is 5.91 Å². The van der Waals surface area contributed by atoms with Gasteiger partial charge in [0.15, 0.2) is 0 Å². The number of anilines is 1. The number of nitrogens with one attached hydrogen (secondary N) is 1. The largest absolute Gasteiger partial charge is 0.311 e. The monoisotopic (exact) mass is 337 g/mol. The Balaban J connectivity index is 1.64. The van der Waals surface area contributed by atoms with E-state index in [0.29, 0.717) is 22.9 Å². The minimum atomic E-state index is -0.0243. The lowest BCUT2D eigenvalue weighted by Crippen LogP contribution is -2.16. The van der Waals surface area contributed by atoms with Crippen molar-refractivity contribution in [3.8, 4) is 0 Å². The van der Waals surface area contributed by atoms with Crippen molar-refractivity contribution in [2.45, 2.75) is 32.1 Å². The molecule has 0 atom stereocenters. The summed E-state index contributed by atoms with van der Waals surface area (Å²) in [7, 11) is 1.87. The zero-order valence-corrected chi connectivity index (χ0v) is 13.8. The van der Waals surface area contributed by atoms with Gasteiger partial charge in [-0.25, -0.2) is 0 Å². The molecule has 0 bridgehead atoms. The number of hydrogen-bond acceptors (Lipinski definition) is 2. The highest BCUT2D eigenvalue weighted by atomic mass is 35.5. The summed E-state index contributed by atoms with van der Waals surface area (Å²) in [5.41, 5.74) is 3.22. The van der Waals surface area contributed by atoms with E-state index >= 15 is 0 Å². The maximum absolute atomic E-state index is 12.2. The third-order valence-electron chi connectivity index (χ3n) is 3.96. The number of rotatable bonds is 4. The molecule has 0 unspecified atom stereocenters. The molecule has 0 radical (unpaired) electrons. The third-order valence-corrected chi connectivity index (χ3v) is 4.55. The smallest absolute Gasteiger partial charge is 0.225 e. The van der Waals surface area contributed by atoms with Crippen LogP contribution in [0.4, 0.5) is 5.82 Å². The maximum Gasteiger partial charge on any atom is 0.225 e. The summed E-state index contributed by atoms with van der Waals surface area (Å²) < 4.78 is 1.76. The van der Waals surface area contributed by atoms with Crippen LogP contribution in [0.1, 0.15) is 29.7 Å². The van der Waals surface area contributed by atoms with Gasteiger partial charge in [-0.1, -0.05) is 29.3 Å². The summed E-state index contributed by atoms with van der Waals surface area (Å²) in [5, 5.41) is 8.64. The first-order valence-corrected chi connectivity index (χ1v) is 8.08. The van der Waals surface area contributed by atoms with Gasteiger partial charge in [0.1, 0.15) is 5.82 Å². The predicted octanol–water partition coefficient (Wildman–Crippen LogP) is 3.79. The average Bonchev–Trinajstić information content (AvgIpc) is 3.01. The molecule has 1 aromatic carbocycles. The molecule has 0 spiro atoms. The highest BCUT2D eigenvalue weighted by Gasteiger charge is 2.21. The van der Waals surface area contributed by atoms with Gasteiger partial charge in [-0.2, -0.15) is 5.10 Å². The Morgan fingerprint density at radius 3 is 2.95 bits per heavy atom. The van der Waals surface area contributed by atoms with Gasteiger partial charge in [-0.15, -0.1) is 0 Å². The molecule has 4 nitrogen and oxygen atoms in total. The van der Waals surface area contributed by atoms with E-state index in [-0.39, 0.29) is 5.91 Å². The second-order valence-electron chi connectivity index (χ2n) is 5.53. The molecule has 0 fully saturated rings. The van der Waals surface area contributed by atoms with Crippen LogP contribution in [-0.4, -0.2) is 15.7 Å². The second kappa shape index (κ2) is 6.31. The molecule has 2 aromatic rings. The van der Waals surface area contributed by atoms with Gasteiger partial charge in [0.25, 0.3) is 0 Å². The van der Waals surface area contributed by atoms with Crippen molar-refractivity contribution in [1.29, 1.82) is 0 Å². The minimum Gasteiger partial charge on any atom is -0.311 e. The van der Waals surface area contributed by atoms with Gasteiger partial charge in [-0.05, 0) is 43.4 Å². The van der Waals surface area contributed by atoms with Gasteiger partial charge in [0, 0.05) is 29.1 Å². The number of amides is 1. The van der Waals surface area contributed by atoms with Gasteiger partial charge in [0.05, 0.1) is 5.69 Å². The van der Waals surface area contributed by atoms with Gasteiger partial charge < -0.3 is 5.32 Å². The normalized spacial score (nSPS) is 13.2. The van der Waals surface area contributed by atoms with E-state index in [4.69, 9.17) is 23.2 Å². The maximum atomic E-state index is 12.2. The third kappa shape index (κ3) is 3.13. The molecule has 1 amide bonds. The van der Waals surface area contributed by atoms with Crippen molar-refractivity contribution in [2.75, 3.05) is 5.32 Å². The van der Waals surface area contributed by atoms with E-state index in [1.165, 1.54) is 5.56 Å². The van der Waals surface area contributed by atoms with Crippen LogP contribution >= 0.6 is 23.2 Å². The molecule has 0 saturated heterocycles.